The van der Waals surface area contributed by atoms with Crippen molar-refractivity contribution in [2.75, 3.05) is 0 Å². The minimum absolute atomic E-state index is 0.886. The third-order valence-corrected chi connectivity index (χ3v) is 2.61. The van der Waals surface area contributed by atoms with Crippen molar-refractivity contribution in [2.24, 2.45) is 9.98 Å². The van der Waals surface area contributed by atoms with E-state index in [0.29, 0.717) is 0 Å². The molecule has 2 aliphatic rings. The first-order valence-electron chi connectivity index (χ1n) is 4.83. The summed E-state index contributed by atoms with van der Waals surface area (Å²) in [4.78, 5) is 13.4. The summed E-state index contributed by atoms with van der Waals surface area (Å²) < 4.78 is 0. The number of aromatic nitrogens is 1. The molecule has 70 valence electrons. The molecule has 0 atom stereocenters. The van der Waals surface area contributed by atoms with E-state index in [0.717, 1.165) is 41.5 Å². The third kappa shape index (κ3) is 1.02. The predicted molar refractivity (Wildman–Crippen MR) is 57.2 cm³/mol. The standard InChI is InChI=1S/C11H11N3/c1-6-3-8-5-10-9(4-7(2)12-10)14-11(8)13-6/h5H,3-4H2,1-2H3. The summed E-state index contributed by atoms with van der Waals surface area (Å²) in [6, 6.07) is 2.13. The van der Waals surface area contributed by atoms with Gasteiger partial charge in [-0.3, -0.25) is 4.99 Å². The van der Waals surface area contributed by atoms with Crippen LogP contribution in [-0.4, -0.2) is 16.4 Å². The number of fused-ring (bicyclic) bond motifs is 2. The van der Waals surface area contributed by atoms with E-state index in [1.165, 1.54) is 5.56 Å². The smallest absolute Gasteiger partial charge is 0.155 e. The van der Waals surface area contributed by atoms with Crippen LogP contribution in [0.3, 0.4) is 0 Å². The number of nitrogens with zero attached hydrogens (tertiary/aromatic N) is 3. The van der Waals surface area contributed by atoms with Gasteiger partial charge in [-0.15, -0.1) is 0 Å². The van der Waals surface area contributed by atoms with Crippen molar-refractivity contribution < 1.29 is 0 Å². The molecule has 3 heteroatoms. The van der Waals surface area contributed by atoms with Gasteiger partial charge in [-0.05, 0) is 19.9 Å². The molecule has 0 aromatic carbocycles. The van der Waals surface area contributed by atoms with Crippen molar-refractivity contribution in [1.82, 2.24) is 4.98 Å². The molecule has 1 aromatic rings. The molecule has 3 rings (SSSR count). The summed E-state index contributed by atoms with van der Waals surface area (Å²) in [5.74, 6) is 0.908. The van der Waals surface area contributed by atoms with Crippen LogP contribution in [0.2, 0.25) is 0 Å². The maximum atomic E-state index is 4.53. The average Bonchev–Trinajstić information content (AvgIpc) is 2.59. The number of rotatable bonds is 0. The monoisotopic (exact) mass is 185 g/mol. The molecule has 3 heterocycles. The van der Waals surface area contributed by atoms with Crippen LogP contribution in [0.5, 0.6) is 0 Å². The van der Waals surface area contributed by atoms with Crippen molar-refractivity contribution in [1.29, 1.82) is 0 Å². The molecular weight excluding hydrogens is 174 g/mol. The Balaban J connectivity index is 2.15. The van der Waals surface area contributed by atoms with E-state index < -0.39 is 0 Å². The molecule has 14 heavy (non-hydrogen) atoms. The quantitative estimate of drug-likeness (QED) is 0.611. The lowest BCUT2D eigenvalue weighted by atomic mass is 10.1. The van der Waals surface area contributed by atoms with Crippen molar-refractivity contribution in [3.8, 4) is 0 Å². The summed E-state index contributed by atoms with van der Waals surface area (Å²) in [6.45, 7) is 4.09. The SMILES string of the molecule is CC1=Nc2cc3c(nc2C1)N=C(C)C3. The van der Waals surface area contributed by atoms with Crippen molar-refractivity contribution >= 4 is 22.9 Å². The molecule has 0 radical (unpaired) electrons. The molecule has 0 saturated carbocycles. The van der Waals surface area contributed by atoms with E-state index in [-0.39, 0.29) is 0 Å². The molecule has 0 aliphatic carbocycles. The van der Waals surface area contributed by atoms with Crippen molar-refractivity contribution in [3.05, 3.63) is 17.3 Å². The number of hydrogen-bond acceptors (Lipinski definition) is 3. The lowest BCUT2D eigenvalue weighted by Gasteiger charge is -1.99. The normalized spacial score (nSPS) is 17.6. The van der Waals surface area contributed by atoms with Gasteiger partial charge in [0.25, 0.3) is 0 Å². The highest BCUT2D eigenvalue weighted by Crippen LogP contribution is 2.33. The summed E-state index contributed by atoms with van der Waals surface area (Å²) in [7, 11) is 0. The minimum Gasteiger partial charge on any atom is -0.256 e. The summed E-state index contributed by atoms with van der Waals surface area (Å²) in [5, 5.41) is 0. The Kier molecular flexibility index (Phi) is 1.40. The Morgan fingerprint density at radius 1 is 1.07 bits per heavy atom. The fourth-order valence-corrected chi connectivity index (χ4v) is 2.01. The van der Waals surface area contributed by atoms with Gasteiger partial charge in [-0.2, -0.15) is 0 Å². The van der Waals surface area contributed by atoms with Crippen LogP contribution in [0, 0.1) is 0 Å². The topological polar surface area (TPSA) is 37.6 Å². The fraction of sp³-hybridized carbons (Fsp3) is 0.364. The van der Waals surface area contributed by atoms with Crippen LogP contribution in [-0.2, 0) is 12.8 Å². The van der Waals surface area contributed by atoms with Crippen LogP contribution < -0.4 is 0 Å². The van der Waals surface area contributed by atoms with Gasteiger partial charge in [0.2, 0.25) is 0 Å². The molecule has 2 aliphatic heterocycles. The van der Waals surface area contributed by atoms with Crippen LogP contribution >= 0.6 is 0 Å². The van der Waals surface area contributed by atoms with Crippen LogP contribution in [0.1, 0.15) is 25.1 Å². The Hall–Kier alpha value is -1.51. The number of hydrogen-bond donors (Lipinski definition) is 0. The van der Waals surface area contributed by atoms with Crippen LogP contribution in [0.15, 0.2) is 16.1 Å². The lowest BCUT2D eigenvalue weighted by molar-refractivity contribution is 1.14. The third-order valence-electron chi connectivity index (χ3n) is 2.61. The van der Waals surface area contributed by atoms with Gasteiger partial charge in [0.1, 0.15) is 0 Å². The zero-order valence-corrected chi connectivity index (χ0v) is 8.33. The van der Waals surface area contributed by atoms with Gasteiger partial charge in [-0.1, -0.05) is 0 Å². The van der Waals surface area contributed by atoms with Gasteiger partial charge in [0, 0.05) is 29.8 Å². The second-order valence-corrected chi connectivity index (χ2v) is 3.98. The number of aliphatic imine (C=N–C) groups is 2. The molecular formula is C11H11N3. The Labute approximate surface area is 82.6 Å². The minimum atomic E-state index is 0.886. The Bertz CT molecular complexity index is 438. The maximum absolute atomic E-state index is 4.53. The van der Waals surface area contributed by atoms with E-state index in [1.54, 1.807) is 0 Å². The largest absolute Gasteiger partial charge is 0.256 e. The summed E-state index contributed by atoms with van der Waals surface area (Å²) >= 11 is 0. The van der Waals surface area contributed by atoms with E-state index in [2.05, 4.69) is 21.0 Å². The Morgan fingerprint density at radius 2 is 1.86 bits per heavy atom. The second kappa shape index (κ2) is 2.50. The zero-order chi connectivity index (χ0) is 9.71. The molecule has 3 nitrogen and oxygen atoms in total. The first kappa shape index (κ1) is 7.85. The van der Waals surface area contributed by atoms with E-state index in [4.69, 9.17) is 0 Å². The van der Waals surface area contributed by atoms with Gasteiger partial charge in [0.15, 0.2) is 5.82 Å². The first-order chi connectivity index (χ1) is 6.72. The highest BCUT2D eigenvalue weighted by Gasteiger charge is 2.19. The molecule has 0 fully saturated rings. The second-order valence-electron chi connectivity index (χ2n) is 3.98. The highest BCUT2D eigenvalue weighted by molar-refractivity contribution is 5.94. The molecule has 0 spiro atoms. The molecule has 0 saturated heterocycles. The van der Waals surface area contributed by atoms with E-state index in [9.17, 15) is 0 Å². The molecule has 1 aromatic heterocycles. The zero-order valence-electron chi connectivity index (χ0n) is 8.33. The van der Waals surface area contributed by atoms with Gasteiger partial charge in [-0.25, -0.2) is 9.98 Å². The highest BCUT2D eigenvalue weighted by atomic mass is 15.0. The first-order valence-corrected chi connectivity index (χ1v) is 4.83. The van der Waals surface area contributed by atoms with E-state index >= 15 is 0 Å². The lowest BCUT2D eigenvalue weighted by Crippen LogP contribution is -1.93. The van der Waals surface area contributed by atoms with Crippen LogP contribution in [0.25, 0.3) is 0 Å². The van der Waals surface area contributed by atoms with Crippen molar-refractivity contribution in [2.45, 2.75) is 26.7 Å². The van der Waals surface area contributed by atoms with Crippen molar-refractivity contribution in [3.63, 3.8) is 0 Å². The summed E-state index contributed by atoms with van der Waals surface area (Å²) in [5.41, 5.74) is 5.65. The summed E-state index contributed by atoms with van der Waals surface area (Å²) in [6.07, 6.45) is 1.82. The number of pyridine rings is 1. The molecule has 0 unspecified atom stereocenters. The predicted octanol–water partition coefficient (Wildman–Crippen LogP) is 2.38. The molecule has 0 bridgehead atoms. The van der Waals surface area contributed by atoms with Gasteiger partial charge in [0.05, 0.1) is 11.4 Å². The fourth-order valence-electron chi connectivity index (χ4n) is 2.01. The van der Waals surface area contributed by atoms with Gasteiger partial charge >= 0.3 is 0 Å². The van der Waals surface area contributed by atoms with E-state index in [1.807, 2.05) is 13.8 Å². The van der Waals surface area contributed by atoms with Gasteiger partial charge < -0.3 is 0 Å². The Morgan fingerprint density at radius 3 is 2.71 bits per heavy atom. The average molecular weight is 185 g/mol. The molecule has 0 amide bonds. The van der Waals surface area contributed by atoms with Crippen LogP contribution in [0.4, 0.5) is 11.5 Å². The maximum Gasteiger partial charge on any atom is 0.155 e. The molecule has 0 N–H and O–H groups in total.